The number of primary amides is 1. The Hall–Kier alpha value is -2.89. The van der Waals surface area contributed by atoms with Gasteiger partial charge in [-0.25, -0.2) is 32.9 Å². The number of amides is 1. The number of aromatic nitrogens is 3. The molecule has 3 N–H and O–H groups in total. The molecule has 1 aliphatic rings. The van der Waals surface area contributed by atoms with Crippen molar-refractivity contribution in [1.82, 2.24) is 19.7 Å². The normalized spacial score (nSPS) is 18.8. The predicted octanol–water partition coefficient (Wildman–Crippen LogP) is 4.47. The van der Waals surface area contributed by atoms with Crippen molar-refractivity contribution in [3.8, 4) is 21.6 Å². The summed E-state index contributed by atoms with van der Waals surface area (Å²) in [6, 6.07) is 5.35. The van der Waals surface area contributed by atoms with E-state index in [1.165, 1.54) is 17.7 Å². The van der Waals surface area contributed by atoms with Gasteiger partial charge in [0.25, 0.3) is 0 Å². The van der Waals surface area contributed by atoms with Crippen LogP contribution >= 0.6 is 11.3 Å². The standard InChI is InChI=1S/C24H29N5O4S2/c1-24(2,3)29-35(31,32)21-10-16(17-11-26-14-27-12-17)6-9-19(21)20-13-28-22(34-20)15-4-7-18(8-5-15)33-23(25)30/h6,9-15,18,29H,4-5,7-8H2,1-3H3,(H2,25,30). The van der Waals surface area contributed by atoms with Crippen LogP contribution in [0.3, 0.4) is 0 Å². The highest BCUT2D eigenvalue weighted by molar-refractivity contribution is 7.89. The third-order valence-electron chi connectivity index (χ3n) is 5.70. The number of sulfonamides is 1. The molecule has 0 radical (unpaired) electrons. The summed E-state index contributed by atoms with van der Waals surface area (Å²) in [4.78, 5) is 24.7. The quantitative estimate of drug-likeness (QED) is 0.494. The first-order chi connectivity index (χ1) is 16.5. The molecule has 1 aliphatic carbocycles. The molecule has 2 heterocycles. The molecular weight excluding hydrogens is 486 g/mol. The minimum absolute atomic E-state index is 0.155. The number of hydrogen-bond acceptors (Lipinski definition) is 8. The molecule has 9 nitrogen and oxygen atoms in total. The molecule has 186 valence electrons. The molecule has 1 saturated carbocycles. The lowest BCUT2D eigenvalue weighted by molar-refractivity contribution is 0.0787. The third kappa shape index (κ3) is 6.22. The van der Waals surface area contributed by atoms with Gasteiger partial charge in [0.2, 0.25) is 10.0 Å². The lowest BCUT2D eigenvalue weighted by Crippen LogP contribution is -2.40. The number of nitrogens with one attached hydrogen (secondary N) is 1. The molecule has 0 spiro atoms. The maximum atomic E-state index is 13.4. The second-order valence-electron chi connectivity index (χ2n) is 9.67. The summed E-state index contributed by atoms with van der Waals surface area (Å²) in [5.74, 6) is 0.231. The van der Waals surface area contributed by atoms with Crippen LogP contribution in [0.15, 0.2) is 48.0 Å². The highest BCUT2D eigenvalue weighted by atomic mass is 32.2. The first-order valence-electron chi connectivity index (χ1n) is 11.4. The summed E-state index contributed by atoms with van der Waals surface area (Å²) in [6.45, 7) is 5.42. The first kappa shape index (κ1) is 25.2. The van der Waals surface area contributed by atoms with E-state index in [0.29, 0.717) is 11.1 Å². The smallest absolute Gasteiger partial charge is 0.404 e. The summed E-state index contributed by atoms with van der Waals surface area (Å²) in [6.07, 6.45) is 8.69. The van der Waals surface area contributed by atoms with Gasteiger partial charge in [-0.15, -0.1) is 11.3 Å². The zero-order valence-electron chi connectivity index (χ0n) is 19.9. The van der Waals surface area contributed by atoms with Crippen molar-refractivity contribution >= 4 is 27.5 Å². The third-order valence-corrected chi connectivity index (χ3v) is 8.69. The van der Waals surface area contributed by atoms with Crippen LogP contribution in [-0.2, 0) is 14.8 Å². The average Bonchev–Trinajstić information content (AvgIpc) is 3.28. The van der Waals surface area contributed by atoms with Crippen LogP contribution in [-0.4, -0.2) is 41.1 Å². The van der Waals surface area contributed by atoms with Crippen LogP contribution in [0.5, 0.6) is 0 Å². The van der Waals surface area contributed by atoms with E-state index in [4.69, 9.17) is 10.5 Å². The van der Waals surface area contributed by atoms with Gasteiger partial charge in [0.1, 0.15) is 12.4 Å². The van der Waals surface area contributed by atoms with E-state index in [2.05, 4.69) is 19.7 Å². The van der Waals surface area contributed by atoms with Crippen LogP contribution in [0.2, 0.25) is 0 Å². The number of carbonyl (C=O) groups is 1. The number of thiazole rings is 1. The van der Waals surface area contributed by atoms with Crippen molar-refractivity contribution in [3.63, 3.8) is 0 Å². The van der Waals surface area contributed by atoms with Gasteiger partial charge >= 0.3 is 6.09 Å². The van der Waals surface area contributed by atoms with Crippen molar-refractivity contribution in [3.05, 3.63) is 48.1 Å². The summed E-state index contributed by atoms with van der Waals surface area (Å²) < 4.78 is 34.8. The topological polar surface area (TPSA) is 137 Å². The van der Waals surface area contributed by atoms with Gasteiger partial charge in [0, 0.05) is 41.2 Å². The molecule has 0 bridgehead atoms. The largest absolute Gasteiger partial charge is 0.446 e. The van der Waals surface area contributed by atoms with E-state index in [1.54, 1.807) is 24.7 Å². The zero-order chi connectivity index (χ0) is 25.2. The molecule has 0 atom stereocenters. The van der Waals surface area contributed by atoms with Crippen LogP contribution < -0.4 is 10.5 Å². The average molecular weight is 516 g/mol. The van der Waals surface area contributed by atoms with Gasteiger partial charge in [-0.3, -0.25) is 0 Å². The number of rotatable bonds is 6. The number of benzene rings is 1. The van der Waals surface area contributed by atoms with Crippen molar-refractivity contribution in [1.29, 1.82) is 0 Å². The molecule has 0 saturated heterocycles. The van der Waals surface area contributed by atoms with E-state index in [1.807, 2.05) is 32.9 Å². The number of nitrogens with two attached hydrogens (primary N) is 1. The van der Waals surface area contributed by atoms with Gasteiger partial charge in [0.05, 0.1) is 14.8 Å². The number of nitrogens with zero attached hydrogens (tertiary/aromatic N) is 3. The van der Waals surface area contributed by atoms with Crippen molar-refractivity contribution in [2.24, 2.45) is 5.73 Å². The number of hydrogen-bond donors (Lipinski definition) is 2. The molecular formula is C24H29N5O4S2. The van der Waals surface area contributed by atoms with E-state index in [9.17, 15) is 13.2 Å². The molecule has 11 heteroatoms. The highest BCUT2D eigenvalue weighted by Gasteiger charge is 2.29. The van der Waals surface area contributed by atoms with Gasteiger partial charge in [-0.2, -0.15) is 0 Å². The zero-order valence-corrected chi connectivity index (χ0v) is 21.5. The van der Waals surface area contributed by atoms with Crippen molar-refractivity contribution in [2.45, 2.75) is 68.9 Å². The van der Waals surface area contributed by atoms with E-state index in [0.717, 1.165) is 41.1 Å². The number of ether oxygens (including phenoxy) is 1. The Bertz CT molecular complexity index is 1290. The molecule has 3 aromatic rings. The molecule has 0 aliphatic heterocycles. The number of carbonyl (C=O) groups excluding carboxylic acids is 1. The second-order valence-corrected chi connectivity index (χ2v) is 12.4. The van der Waals surface area contributed by atoms with E-state index < -0.39 is 21.7 Å². The molecule has 4 rings (SSSR count). The van der Waals surface area contributed by atoms with Crippen molar-refractivity contribution < 1.29 is 17.9 Å². The Morgan fingerprint density at radius 3 is 2.40 bits per heavy atom. The van der Waals surface area contributed by atoms with Gasteiger partial charge in [-0.1, -0.05) is 12.1 Å². The van der Waals surface area contributed by atoms with Gasteiger partial charge < -0.3 is 10.5 Å². The maximum Gasteiger partial charge on any atom is 0.404 e. The molecule has 35 heavy (non-hydrogen) atoms. The Morgan fingerprint density at radius 2 is 1.77 bits per heavy atom. The monoisotopic (exact) mass is 515 g/mol. The summed E-state index contributed by atoms with van der Waals surface area (Å²) in [7, 11) is -3.83. The lowest BCUT2D eigenvalue weighted by atomic mass is 9.88. The van der Waals surface area contributed by atoms with Crippen LogP contribution in [0, 0.1) is 0 Å². The Balaban J connectivity index is 1.67. The molecule has 1 amide bonds. The van der Waals surface area contributed by atoms with Gasteiger partial charge in [0.15, 0.2) is 0 Å². The van der Waals surface area contributed by atoms with Crippen molar-refractivity contribution in [2.75, 3.05) is 0 Å². The molecule has 1 fully saturated rings. The Kier molecular flexibility index (Phi) is 7.20. The highest BCUT2D eigenvalue weighted by Crippen LogP contribution is 2.40. The Morgan fingerprint density at radius 1 is 1.09 bits per heavy atom. The minimum Gasteiger partial charge on any atom is -0.446 e. The van der Waals surface area contributed by atoms with Crippen LogP contribution in [0.1, 0.15) is 57.4 Å². The minimum atomic E-state index is -3.83. The molecule has 2 aromatic heterocycles. The first-order valence-corrected chi connectivity index (χ1v) is 13.7. The summed E-state index contributed by atoms with van der Waals surface area (Å²) >= 11 is 1.50. The van der Waals surface area contributed by atoms with Crippen LogP contribution in [0.25, 0.3) is 21.6 Å². The van der Waals surface area contributed by atoms with E-state index in [-0.39, 0.29) is 16.9 Å². The lowest BCUT2D eigenvalue weighted by Gasteiger charge is -2.26. The van der Waals surface area contributed by atoms with Gasteiger partial charge in [-0.05, 0) is 58.1 Å². The Labute approximate surface area is 209 Å². The fourth-order valence-corrected chi connectivity index (χ4v) is 7.08. The molecule has 1 aromatic carbocycles. The summed E-state index contributed by atoms with van der Waals surface area (Å²) in [5, 5.41) is 0.949. The molecule has 0 unspecified atom stereocenters. The fraction of sp³-hybridized carbons (Fsp3) is 0.417. The summed E-state index contributed by atoms with van der Waals surface area (Å²) in [5.41, 5.74) is 6.52. The maximum absolute atomic E-state index is 13.4. The van der Waals surface area contributed by atoms with E-state index >= 15 is 0 Å². The van der Waals surface area contributed by atoms with Crippen LogP contribution in [0.4, 0.5) is 4.79 Å². The second kappa shape index (κ2) is 10.00. The SMILES string of the molecule is CC(C)(C)NS(=O)(=O)c1cc(-c2cncnc2)ccc1-c1cnc(C2CCC(OC(N)=O)CC2)s1. The fourth-order valence-electron chi connectivity index (χ4n) is 4.23. The predicted molar refractivity (Wildman–Crippen MR) is 134 cm³/mol.